The van der Waals surface area contributed by atoms with E-state index < -0.39 is 6.09 Å². The quantitative estimate of drug-likeness (QED) is 0.369. The Morgan fingerprint density at radius 1 is 1.13 bits per heavy atom. The maximum Gasteiger partial charge on any atom is 0.425 e. The highest BCUT2D eigenvalue weighted by Gasteiger charge is 2.00. The molecular formula is C11H22N2O2. The fraction of sp³-hybridized carbons (Fsp3) is 0.818. The molecule has 0 saturated carbocycles. The molecule has 0 fully saturated rings. The van der Waals surface area contributed by atoms with Crippen LogP contribution in [0, 0.1) is 0 Å². The van der Waals surface area contributed by atoms with Gasteiger partial charge in [0.15, 0.2) is 0 Å². The van der Waals surface area contributed by atoms with Gasteiger partial charge in [0, 0.05) is 5.71 Å². The molecule has 4 heteroatoms. The minimum atomic E-state index is -1.09. The van der Waals surface area contributed by atoms with Crippen molar-refractivity contribution in [1.82, 2.24) is 5.43 Å². The second-order valence-corrected chi connectivity index (χ2v) is 3.66. The van der Waals surface area contributed by atoms with E-state index >= 15 is 0 Å². The van der Waals surface area contributed by atoms with Crippen LogP contribution in [-0.2, 0) is 0 Å². The van der Waals surface area contributed by atoms with Crippen LogP contribution in [0.15, 0.2) is 5.10 Å². The average Bonchev–Trinajstić information content (AvgIpc) is 2.20. The maximum atomic E-state index is 10.3. The lowest BCUT2D eigenvalue weighted by Gasteiger charge is -2.04. The normalized spacial score (nSPS) is 11.5. The van der Waals surface area contributed by atoms with Gasteiger partial charge in [-0.2, -0.15) is 5.10 Å². The van der Waals surface area contributed by atoms with Crippen molar-refractivity contribution in [2.24, 2.45) is 5.10 Å². The van der Waals surface area contributed by atoms with E-state index in [0.717, 1.165) is 31.4 Å². The molecule has 0 heterocycles. The number of hydrogen-bond acceptors (Lipinski definition) is 2. The fourth-order valence-corrected chi connectivity index (χ4v) is 1.41. The average molecular weight is 214 g/mol. The van der Waals surface area contributed by atoms with Crippen LogP contribution in [0.1, 0.15) is 58.8 Å². The van der Waals surface area contributed by atoms with E-state index in [1.807, 2.05) is 0 Å². The van der Waals surface area contributed by atoms with Crippen LogP contribution in [-0.4, -0.2) is 16.9 Å². The number of nitrogens with zero attached hydrogens (tertiary/aromatic N) is 1. The summed E-state index contributed by atoms with van der Waals surface area (Å²) in [6, 6.07) is 0. The first kappa shape index (κ1) is 13.9. The van der Waals surface area contributed by atoms with Crippen molar-refractivity contribution in [2.75, 3.05) is 0 Å². The Morgan fingerprint density at radius 3 is 2.40 bits per heavy atom. The highest BCUT2D eigenvalue weighted by Crippen LogP contribution is 2.06. The molecule has 0 aromatic heterocycles. The van der Waals surface area contributed by atoms with Crippen molar-refractivity contribution < 1.29 is 9.90 Å². The largest absolute Gasteiger partial charge is 0.464 e. The molecule has 88 valence electrons. The van der Waals surface area contributed by atoms with Gasteiger partial charge in [-0.25, -0.2) is 10.2 Å². The molecule has 0 atom stereocenters. The molecule has 0 unspecified atom stereocenters. The Hall–Kier alpha value is -1.06. The van der Waals surface area contributed by atoms with Crippen LogP contribution in [0.4, 0.5) is 4.79 Å². The van der Waals surface area contributed by atoms with Gasteiger partial charge in [-0.3, -0.25) is 0 Å². The Morgan fingerprint density at radius 2 is 1.87 bits per heavy atom. The summed E-state index contributed by atoms with van der Waals surface area (Å²) >= 11 is 0. The molecule has 0 aromatic rings. The molecule has 0 aliphatic rings. The van der Waals surface area contributed by atoms with Crippen molar-refractivity contribution in [3.63, 3.8) is 0 Å². The highest BCUT2D eigenvalue weighted by atomic mass is 16.4. The molecule has 0 rings (SSSR count). The van der Waals surface area contributed by atoms with E-state index in [-0.39, 0.29) is 0 Å². The first-order valence-electron chi connectivity index (χ1n) is 5.75. The van der Waals surface area contributed by atoms with E-state index in [2.05, 4.69) is 24.4 Å². The summed E-state index contributed by atoms with van der Waals surface area (Å²) in [5, 5.41) is 12.3. The Balaban J connectivity index is 3.81. The van der Waals surface area contributed by atoms with Crippen LogP contribution in [0.5, 0.6) is 0 Å². The van der Waals surface area contributed by atoms with Crippen LogP contribution in [0.25, 0.3) is 0 Å². The smallest absolute Gasteiger partial charge is 0.425 e. The molecule has 0 radical (unpaired) electrons. The van der Waals surface area contributed by atoms with Gasteiger partial charge in [-0.15, -0.1) is 0 Å². The van der Waals surface area contributed by atoms with Crippen molar-refractivity contribution >= 4 is 11.8 Å². The van der Waals surface area contributed by atoms with Gasteiger partial charge >= 0.3 is 6.09 Å². The Kier molecular flexibility index (Phi) is 8.82. The summed E-state index contributed by atoms with van der Waals surface area (Å²) in [5.74, 6) is 0. The third-order valence-corrected chi connectivity index (χ3v) is 2.17. The van der Waals surface area contributed by atoms with Crippen LogP contribution in [0.2, 0.25) is 0 Å². The number of carbonyl (C=O) groups is 1. The highest BCUT2D eigenvalue weighted by molar-refractivity contribution is 5.85. The molecule has 0 saturated heterocycles. The molecule has 0 aromatic carbocycles. The first-order valence-corrected chi connectivity index (χ1v) is 5.75. The molecular weight excluding hydrogens is 192 g/mol. The molecule has 2 N–H and O–H groups in total. The first-order chi connectivity index (χ1) is 7.20. The van der Waals surface area contributed by atoms with Crippen molar-refractivity contribution in [3.05, 3.63) is 0 Å². The van der Waals surface area contributed by atoms with Gasteiger partial charge in [0.2, 0.25) is 0 Å². The topological polar surface area (TPSA) is 61.7 Å². The maximum absolute atomic E-state index is 10.3. The second kappa shape index (κ2) is 9.49. The lowest BCUT2D eigenvalue weighted by atomic mass is 10.1. The van der Waals surface area contributed by atoms with Gasteiger partial charge in [-0.1, -0.05) is 39.5 Å². The number of nitrogens with one attached hydrogen (secondary N) is 1. The standard InChI is InChI=1S/C11H22N2O2/c1-3-5-6-7-9-10(8-4-2)12-13-11(14)15/h13H,3-9H2,1-2H3,(H,14,15)/b12-10-. The molecule has 0 aliphatic heterocycles. The zero-order valence-electron chi connectivity index (χ0n) is 9.75. The minimum Gasteiger partial charge on any atom is -0.464 e. The molecule has 0 spiro atoms. The lowest BCUT2D eigenvalue weighted by molar-refractivity contribution is 0.195. The van der Waals surface area contributed by atoms with E-state index in [4.69, 9.17) is 5.11 Å². The predicted octanol–water partition coefficient (Wildman–Crippen LogP) is 3.38. The SMILES string of the molecule is CCCCCC/C(CCC)=N\NC(=O)O. The summed E-state index contributed by atoms with van der Waals surface area (Å²) in [6.07, 6.45) is 6.48. The predicted molar refractivity (Wildman–Crippen MR) is 62.3 cm³/mol. The number of unbranched alkanes of at least 4 members (excludes halogenated alkanes) is 3. The van der Waals surface area contributed by atoms with Crippen LogP contribution >= 0.6 is 0 Å². The summed E-state index contributed by atoms with van der Waals surface area (Å²) in [6.45, 7) is 4.25. The third kappa shape index (κ3) is 9.25. The fourth-order valence-electron chi connectivity index (χ4n) is 1.41. The van der Waals surface area contributed by atoms with Crippen molar-refractivity contribution in [1.29, 1.82) is 0 Å². The molecule has 15 heavy (non-hydrogen) atoms. The summed E-state index contributed by atoms with van der Waals surface area (Å²) in [5.41, 5.74) is 3.04. The van der Waals surface area contributed by atoms with E-state index in [1.54, 1.807) is 0 Å². The van der Waals surface area contributed by atoms with E-state index in [0.29, 0.717) is 0 Å². The van der Waals surface area contributed by atoms with E-state index in [9.17, 15) is 4.79 Å². The second-order valence-electron chi connectivity index (χ2n) is 3.66. The number of hydrogen-bond donors (Lipinski definition) is 2. The number of carboxylic acid groups (broad SMARTS) is 1. The molecule has 0 bridgehead atoms. The van der Waals surface area contributed by atoms with Gasteiger partial charge < -0.3 is 5.11 Å². The lowest BCUT2D eigenvalue weighted by Crippen LogP contribution is -2.16. The molecule has 4 nitrogen and oxygen atoms in total. The van der Waals surface area contributed by atoms with Crippen LogP contribution < -0.4 is 5.43 Å². The van der Waals surface area contributed by atoms with Crippen LogP contribution in [0.3, 0.4) is 0 Å². The minimum absolute atomic E-state index is 0.881. The zero-order chi connectivity index (χ0) is 11.5. The monoisotopic (exact) mass is 214 g/mol. The van der Waals surface area contributed by atoms with Gasteiger partial charge in [0.25, 0.3) is 0 Å². The van der Waals surface area contributed by atoms with Gasteiger partial charge in [-0.05, 0) is 19.3 Å². The summed E-state index contributed by atoms with van der Waals surface area (Å²) < 4.78 is 0. The number of amides is 1. The summed E-state index contributed by atoms with van der Waals surface area (Å²) in [7, 11) is 0. The van der Waals surface area contributed by atoms with Crippen molar-refractivity contribution in [3.8, 4) is 0 Å². The molecule has 1 amide bonds. The number of hydrazone groups is 1. The third-order valence-electron chi connectivity index (χ3n) is 2.17. The molecule has 0 aliphatic carbocycles. The zero-order valence-corrected chi connectivity index (χ0v) is 9.75. The van der Waals surface area contributed by atoms with Gasteiger partial charge in [0.1, 0.15) is 0 Å². The van der Waals surface area contributed by atoms with Crippen molar-refractivity contribution in [2.45, 2.75) is 58.8 Å². The Bertz CT molecular complexity index is 203. The van der Waals surface area contributed by atoms with Gasteiger partial charge in [0.05, 0.1) is 0 Å². The summed E-state index contributed by atoms with van der Waals surface area (Å²) in [4.78, 5) is 10.3. The van der Waals surface area contributed by atoms with E-state index in [1.165, 1.54) is 19.3 Å². The number of rotatable bonds is 8. The Labute approximate surface area is 91.8 Å².